The lowest BCUT2D eigenvalue weighted by Gasteiger charge is -2.22. The standard InChI is InChI=1S/C28H31Cl3O7/c1-20(32)24(35-17-22-9-5-3-6-10-22)13-16-27(34)38-21(2)25(36-18-23-11-7-4-8-12-23)14-15-26(33)37-19-28(29,30)31/h3-16,20-21,24-25,32H,17-19H2,1-2H3/b15-14+,16-13+/t20-,21-,24+,25+/m0/s1. The number of halogens is 3. The number of esters is 2. The Bertz CT molecular complexity index is 1040. The van der Waals surface area contributed by atoms with E-state index in [-0.39, 0.29) is 13.2 Å². The van der Waals surface area contributed by atoms with Crippen LogP contribution in [-0.2, 0) is 41.8 Å². The lowest BCUT2D eigenvalue weighted by atomic mass is 10.2. The SMILES string of the molecule is C[C@H](O)[C@@H](/C=C/C(=O)O[C@@H](C)[C@@H](/C=C/C(=O)OCC(Cl)(Cl)Cl)OCc1ccccc1)OCc1ccccc1. The Hall–Kier alpha value is -2.39. The van der Waals surface area contributed by atoms with Crippen LogP contribution in [0.1, 0.15) is 25.0 Å². The molecule has 0 amide bonds. The van der Waals surface area contributed by atoms with Crippen molar-refractivity contribution in [2.75, 3.05) is 6.61 Å². The summed E-state index contributed by atoms with van der Waals surface area (Å²) in [5.41, 5.74) is 1.82. The lowest BCUT2D eigenvalue weighted by Crippen LogP contribution is -2.30. The third kappa shape index (κ3) is 13.4. The number of carbonyl (C=O) groups is 2. The molecule has 10 heteroatoms. The smallest absolute Gasteiger partial charge is 0.330 e. The Morgan fingerprint density at radius 2 is 1.29 bits per heavy atom. The van der Waals surface area contributed by atoms with Gasteiger partial charge in [-0.3, -0.25) is 0 Å². The zero-order valence-electron chi connectivity index (χ0n) is 21.0. The number of alkyl halides is 3. The largest absolute Gasteiger partial charge is 0.458 e. The second-order valence-corrected chi connectivity index (χ2v) is 10.9. The highest BCUT2D eigenvalue weighted by atomic mass is 35.6. The molecular weight excluding hydrogens is 555 g/mol. The molecule has 0 heterocycles. The average molecular weight is 586 g/mol. The topological polar surface area (TPSA) is 91.3 Å². The van der Waals surface area contributed by atoms with Crippen LogP contribution in [0.5, 0.6) is 0 Å². The van der Waals surface area contributed by atoms with E-state index in [1.54, 1.807) is 13.8 Å². The van der Waals surface area contributed by atoms with Gasteiger partial charge in [-0.1, -0.05) is 95.5 Å². The average Bonchev–Trinajstić information content (AvgIpc) is 2.88. The fourth-order valence-electron chi connectivity index (χ4n) is 3.07. The Morgan fingerprint density at radius 3 is 1.79 bits per heavy atom. The van der Waals surface area contributed by atoms with Crippen molar-refractivity contribution in [1.29, 1.82) is 0 Å². The van der Waals surface area contributed by atoms with Crippen molar-refractivity contribution in [3.05, 3.63) is 96.1 Å². The minimum absolute atomic E-state index is 0.203. The first-order chi connectivity index (χ1) is 18.0. The van der Waals surface area contributed by atoms with Crippen molar-refractivity contribution in [2.45, 2.75) is 55.3 Å². The highest BCUT2D eigenvalue weighted by molar-refractivity contribution is 6.67. The van der Waals surface area contributed by atoms with Crippen LogP contribution in [0.15, 0.2) is 85.0 Å². The third-order valence-corrected chi connectivity index (χ3v) is 5.36. The maximum atomic E-state index is 12.5. The molecule has 0 radical (unpaired) electrons. The van der Waals surface area contributed by atoms with Crippen molar-refractivity contribution in [3.63, 3.8) is 0 Å². The van der Waals surface area contributed by atoms with E-state index in [9.17, 15) is 14.7 Å². The summed E-state index contributed by atoms with van der Waals surface area (Å²) in [4.78, 5) is 24.5. The van der Waals surface area contributed by atoms with Crippen molar-refractivity contribution >= 4 is 46.7 Å². The normalized spacial score (nSPS) is 15.2. The van der Waals surface area contributed by atoms with Gasteiger partial charge in [0.15, 0.2) is 0 Å². The molecule has 0 aromatic heterocycles. The summed E-state index contributed by atoms with van der Waals surface area (Å²) in [5, 5.41) is 10.0. The molecule has 4 atom stereocenters. The van der Waals surface area contributed by atoms with Crippen molar-refractivity contribution < 1.29 is 33.6 Å². The zero-order valence-corrected chi connectivity index (χ0v) is 23.3. The summed E-state index contributed by atoms with van der Waals surface area (Å²) in [6.07, 6.45) is 1.98. The van der Waals surface area contributed by atoms with Crippen LogP contribution in [0.4, 0.5) is 0 Å². The molecule has 0 aliphatic rings. The van der Waals surface area contributed by atoms with Gasteiger partial charge >= 0.3 is 11.9 Å². The van der Waals surface area contributed by atoms with Gasteiger partial charge < -0.3 is 24.1 Å². The molecule has 0 bridgehead atoms. The Kier molecular flexibility index (Phi) is 13.9. The number of aliphatic hydroxyl groups is 1. The van der Waals surface area contributed by atoms with Crippen LogP contribution < -0.4 is 0 Å². The monoisotopic (exact) mass is 584 g/mol. The quantitative estimate of drug-likeness (QED) is 0.178. The first-order valence-corrected chi connectivity index (χ1v) is 13.0. The second kappa shape index (κ2) is 16.5. The maximum absolute atomic E-state index is 12.5. The fourth-order valence-corrected chi connectivity index (χ4v) is 3.24. The Labute approximate surface area is 237 Å². The third-order valence-electron chi connectivity index (χ3n) is 5.03. The van der Waals surface area contributed by atoms with Crippen LogP contribution >= 0.6 is 34.8 Å². The van der Waals surface area contributed by atoms with Gasteiger partial charge in [0, 0.05) is 12.2 Å². The number of ether oxygens (including phenoxy) is 4. The molecule has 0 unspecified atom stereocenters. The number of carbonyl (C=O) groups excluding carboxylic acids is 2. The summed E-state index contributed by atoms with van der Waals surface area (Å²) in [6, 6.07) is 18.8. The molecule has 7 nitrogen and oxygen atoms in total. The molecule has 38 heavy (non-hydrogen) atoms. The molecule has 0 spiro atoms. The minimum atomic E-state index is -1.74. The zero-order chi connectivity index (χ0) is 28.0. The molecule has 0 saturated heterocycles. The van der Waals surface area contributed by atoms with E-state index in [4.69, 9.17) is 53.8 Å². The first kappa shape index (κ1) is 31.8. The van der Waals surface area contributed by atoms with Gasteiger partial charge in [-0.2, -0.15) is 0 Å². The van der Waals surface area contributed by atoms with E-state index in [1.165, 1.54) is 18.2 Å². The molecule has 2 aromatic rings. The molecule has 0 fully saturated rings. The molecule has 0 saturated carbocycles. The van der Waals surface area contributed by atoms with Gasteiger partial charge in [-0.25, -0.2) is 9.59 Å². The Morgan fingerprint density at radius 1 is 0.816 bits per heavy atom. The molecule has 2 aromatic carbocycles. The van der Waals surface area contributed by atoms with Gasteiger partial charge in [-0.15, -0.1) is 0 Å². The highest BCUT2D eigenvalue weighted by Gasteiger charge is 2.23. The number of rotatable bonds is 14. The van der Waals surface area contributed by atoms with Crippen LogP contribution in [0.25, 0.3) is 0 Å². The summed E-state index contributed by atoms with van der Waals surface area (Å²) in [6.45, 7) is 3.22. The maximum Gasteiger partial charge on any atom is 0.330 e. The molecule has 206 valence electrons. The van der Waals surface area contributed by atoms with Crippen molar-refractivity contribution in [1.82, 2.24) is 0 Å². The van der Waals surface area contributed by atoms with Gasteiger partial charge in [-0.05, 0) is 37.1 Å². The van der Waals surface area contributed by atoms with E-state index in [1.807, 2.05) is 60.7 Å². The van der Waals surface area contributed by atoms with Gasteiger partial charge in [0.25, 0.3) is 0 Å². The minimum Gasteiger partial charge on any atom is -0.458 e. The molecule has 1 N–H and O–H groups in total. The molecule has 0 aliphatic carbocycles. The summed E-state index contributed by atoms with van der Waals surface area (Å²) in [5.74, 6) is -1.43. The summed E-state index contributed by atoms with van der Waals surface area (Å²) < 4.78 is 20.3. The summed E-state index contributed by atoms with van der Waals surface area (Å²) in [7, 11) is 0. The first-order valence-electron chi connectivity index (χ1n) is 11.8. The van der Waals surface area contributed by atoms with Gasteiger partial charge in [0.1, 0.15) is 24.9 Å². The van der Waals surface area contributed by atoms with Crippen LogP contribution in [-0.4, -0.2) is 51.9 Å². The fraction of sp³-hybridized carbons (Fsp3) is 0.357. The van der Waals surface area contributed by atoms with Crippen LogP contribution in [0.2, 0.25) is 0 Å². The Balaban J connectivity index is 2.00. The van der Waals surface area contributed by atoms with Crippen molar-refractivity contribution in [2.24, 2.45) is 0 Å². The van der Waals surface area contributed by atoms with E-state index < -0.39 is 46.8 Å². The number of aliphatic hydroxyl groups excluding tert-OH is 1. The second-order valence-electron chi connectivity index (χ2n) is 8.35. The number of hydrogen-bond donors (Lipinski definition) is 1. The van der Waals surface area contributed by atoms with E-state index in [0.717, 1.165) is 17.2 Å². The predicted molar refractivity (Wildman–Crippen MR) is 147 cm³/mol. The van der Waals surface area contributed by atoms with Crippen molar-refractivity contribution in [3.8, 4) is 0 Å². The number of benzene rings is 2. The van der Waals surface area contributed by atoms with Gasteiger partial charge in [0.05, 0.1) is 19.3 Å². The predicted octanol–water partition coefficient (Wildman–Crippen LogP) is 5.50. The molecular formula is C28H31Cl3O7. The van der Waals surface area contributed by atoms with Gasteiger partial charge in [0.2, 0.25) is 3.79 Å². The summed E-state index contributed by atoms with van der Waals surface area (Å²) >= 11 is 16.8. The number of hydrogen-bond acceptors (Lipinski definition) is 7. The lowest BCUT2D eigenvalue weighted by molar-refractivity contribution is -0.148. The molecule has 2 rings (SSSR count). The van der Waals surface area contributed by atoms with E-state index >= 15 is 0 Å². The molecule has 0 aliphatic heterocycles. The van der Waals surface area contributed by atoms with Crippen LogP contribution in [0, 0.1) is 0 Å². The van der Waals surface area contributed by atoms with E-state index in [0.29, 0.717) is 0 Å². The highest BCUT2D eigenvalue weighted by Crippen LogP contribution is 2.26. The van der Waals surface area contributed by atoms with E-state index in [2.05, 4.69) is 0 Å². The van der Waals surface area contributed by atoms with Crippen LogP contribution in [0.3, 0.4) is 0 Å².